The maximum Gasteiger partial charge on any atom is 0.340 e. The van der Waals surface area contributed by atoms with Gasteiger partial charge in [-0.2, -0.15) is 0 Å². The molecule has 0 amide bonds. The van der Waals surface area contributed by atoms with Crippen LogP contribution < -0.4 is 10.2 Å². The Morgan fingerprint density at radius 3 is 1.95 bits per heavy atom. The molecule has 2 atom stereocenters. The van der Waals surface area contributed by atoms with Crippen molar-refractivity contribution >= 4 is 41.6 Å². The Balaban J connectivity index is 1.53. The number of fused-ring (bicyclic) bond motifs is 2. The Labute approximate surface area is 239 Å². The lowest BCUT2D eigenvalue weighted by Gasteiger charge is -2.43. The molecule has 4 aromatic carbocycles. The van der Waals surface area contributed by atoms with Gasteiger partial charge in [0.15, 0.2) is 5.60 Å². The number of nitrogens with two attached hydrogens (primary N) is 1. The highest BCUT2D eigenvalue weighted by Gasteiger charge is 2.46. The van der Waals surface area contributed by atoms with E-state index in [-0.39, 0.29) is 18.4 Å². The Bertz CT molecular complexity index is 1400. The predicted octanol–water partition coefficient (Wildman–Crippen LogP) is 7.12. The second kappa shape index (κ2) is 12.4. The summed E-state index contributed by atoms with van der Waals surface area (Å²) < 4.78 is 33.7. The average molecular weight is 585 g/mol. The third-order valence-corrected chi connectivity index (χ3v) is 8.94. The number of alkyl halides is 2. The van der Waals surface area contributed by atoms with Crippen molar-refractivity contribution < 1.29 is 18.6 Å². The zero-order valence-electron chi connectivity index (χ0n) is 21.4. The summed E-state index contributed by atoms with van der Waals surface area (Å²) >= 11 is 11.7. The van der Waals surface area contributed by atoms with Crippen LogP contribution in [0.15, 0.2) is 97.1 Å². The molecule has 0 saturated carbocycles. The first-order valence-electron chi connectivity index (χ1n) is 12.9. The van der Waals surface area contributed by atoms with E-state index in [4.69, 9.17) is 42.7 Å². The van der Waals surface area contributed by atoms with E-state index in [1.165, 1.54) is 4.67 Å². The maximum atomic E-state index is 13.1. The molecule has 0 aromatic heterocycles. The largest absolute Gasteiger partial charge is 0.464 e. The third-order valence-electron chi connectivity index (χ3n) is 6.86. The van der Waals surface area contributed by atoms with Crippen LogP contribution in [-0.2, 0) is 19.4 Å². The fourth-order valence-corrected chi connectivity index (χ4v) is 6.97. The van der Waals surface area contributed by atoms with Gasteiger partial charge in [0.25, 0.3) is 0 Å². The van der Waals surface area contributed by atoms with Gasteiger partial charge in [-0.25, -0.2) is 10.2 Å². The zero-order valence-corrected chi connectivity index (χ0v) is 23.8. The fourth-order valence-electron chi connectivity index (χ4n) is 5.04. The van der Waals surface area contributed by atoms with Crippen molar-refractivity contribution in [1.29, 1.82) is 0 Å². The lowest BCUT2D eigenvalue weighted by Crippen LogP contribution is -2.43. The smallest absolute Gasteiger partial charge is 0.340 e. The monoisotopic (exact) mass is 584 g/mol. The van der Waals surface area contributed by atoms with Gasteiger partial charge in [0.1, 0.15) is 5.75 Å². The van der Waals surface area contributed by atoms with Crippen LogP contribution >= 0.6 is 30.9 Å². The number of nitrogens with zero attached hydrogens (tertiary/aromatic N) is 1. The summed E-state index contributed by atoms with van der Waals surface area (Å²) in [6, 6.07) is 32.6. The van der Waals surface area contributed by atoms with Crippen LogP contribution in [0.4, 0.5) is 0 Å². The molecular formula is C30H31Cl2N2O4P. The van der Waals surface area contributed by atoms with Crippen molar-refractivity contribution in [2.75, 3.05) is 31.5 Å². The molecular weight excluding hydrogens is 554 g/mol. The van der Waals surface area contributed by atoms with Crippen molar-refractivity contribution in [3.63, 3.8) is 0 Å². The predicted molar refractivity (Wildman–Crippen MR) is 158 cm³/mol. The number of hydrogen-bond acceptors (Lipinski definition) is 4. The van der Waals surface area contributed by atoms with Crippen LogP contribution in [0.3, 0.4) is 0 Å². The van der Waals surface area contributed by atoms with Crippen LogP contribution in [0.1, 0.15) is 23.1 Å². The second-order valence-electron chi connectivity index (χ2n) is 9.29. The molecule has 1 heterocycles. The van der Waals surface area contributed by atoms with Gasteiger partial charge in [0, 0.05) is 36.8 Å². The molecule has 2 N–H and O–H groups in total. The number of benzene rings is 4. The van der Waals surface area contributed by atoms with Crippen molar-refractivity contribution in [3.8, 4) is 5.75 Å². The Morgan fingerprint density at radius 2 is 1.38 bits per heavy atom. The lowest BCUT2D eigenvalue weighted by atomic mass is 9.78. The zero-order chi connectivity index (χ0) is 27.3. The summed E-state index contributed by atoms with van der Waals surface area (Å²) in [4.78, 5) is 0. The maximum absolute atomic E-state index is 13.1. The van der Waals surface area contributed by atoms with Crippen molar-refractivity contribution in [3.05, 3.63) is 114 Å². The minimum atomic E-state index is -3.60. The van der Waals surface area contributed by atoms with Gasteiger partial charge in [-0.05, 0) is 34.0 Å². The summed E-state index contributed by atoms with van der Waals surface area (Å²) in [6.45, 7) is 0.677. The first kappa shape index (κ1) is 28.1. The number of ether oxygens (including phenoxy) is 2. The Hall–Kier alpha value is -2.41. The summed E-state index contributed by atoms with van der Waals surface area (Å²) in [5.74, 6) is 1.24. The highest BCUT2D eigenvalue weighted by atomic mass is 35.5. The van der Waals surface area contributed by atoms with Gasteiger partial charge in [-0.1, -0.05) is 84.9 Å². The molecule has 0 radical (unpaired) electrons. The van der Waals surface area contributed by atoms with Crippen molar-refractivity contribution in [2.45, 2.75) is 18.3 Å². The van der Waals surface area contributed by atoms with E-state index >= 15 is 0 Å². The fraction of sp³-hybridized carbons (Fsp3) is 0.267. The van der Waals surface area contributed by atoms with Gasteiger partial charge >= 0.3 is 7.67 Å². The minimum absolute atomic E-state index is 0.0576. The van der Waals surface area contributed by atoms with Gasteiger partial charge in [-0.3, -0.25) is 4.57 Å². The Kier molecular flexibility index (Phi) is 8.95. The topological polar surface area (TPSA) is 74.0 Å². The average Bonchev–Trinajstić information content (AvgIpc) is 2.96. The van der Waals surface area contributed by atoms with Gasteiger partial charge in [0.05, 0.1) is 6.61 Å². The summed E-state index contributed by atoms with van der Waals surface area (Å²) in [5, 5.41) is 2.15. The van der Waals surface area contributed by atoms with E-state index < -0.39 is 19.6 Å². The lowest BCUT2D eigenvalue weighted by molar-refractivity contribution is -0.168. The highest BCUT2D eigenvalue weighted by Crippen LogP contribution is 2.50. The molecule has 39 heavy (non-hydrogen) atoms. The summed E-state index contributed by atoms with van der Waals surface area (Å²) in [5.41, 5.74) is 8.00. The highest BCUT2D eigenvalue weighted by molar-refractivity contribution is 7.53. The van der Waals surface area contributed by atoms with Gasteiger partial charge < -0.3 is 14.0 Å². The Morgan fingerprint density at radius 1 is 0.846 bits per heavy atom. The van der Waals surface area contributed by atoms with Gasteiger partial charge in [-0.15, -0.1) is 23.2 Å². The molecule has 9 heteroatoms. The molecule has 0 aliphatic carbocycles. The SMILES string of the molecule is NP(=O)(OCCC1Oc2cc3ccccc3cc2C(c2ccccc2)(c2ccccc2)O1)N(CCCl)CCCl. The van der Waals surface area contributed by atoms with Crippen LogP contribution in [-0.4, -0.2) is 42.4 Å². The molecule has 1 aliphatic rings. The standard InChI is InChI=1S/C30H31Cl2N2O4P/c31-16-18-34(19-17-32)39(33,35)36-20-15-29-37-28-22-24-10-8-7-9-23(24)21-27(28)30(38-29,25-11-3-1-4-12-25)26-13-5-2-6-14-26/h1-14,21-22,29H,15-20H2,(H2,33,35). The van der Waals surface area contributed by atoms with Crippen LogP contribution in [0.2, 0.25) is 0 Å². The van der Waals surface area contributed by atoms with Crippen LogP contribution in [0.5, 0.6) is 5.75 Å². The number of hydrogen-bond donors (Lipinski definition) is 1. The molecule has 5 rings (SSSR count). The second-order valence-corrected chi connectivity index (χ2v) is 12.0. The minimum Gasteiger partial charge on any atom is -0.464 e. The third kappa shape index (κ3) is 5.89. The molecule has 0 bridgehead atoms. The summed E-state index contributed by atoms with van der Waals surface area (Å²) in [6.07, 6.45) is -0.404. The molecule has 0 fully saturated rings. The quantitative estimate of drug-likeness (QED) is 0.149. The molecule has 204 valence electrons. The normalized spacial score (nSPS) is 17.9. The van der Waals surface area contributed by atoms with Crippen molar-refractivity contribution in [1.82, 2.24) is 4.67 Å². The van der Waals surface area contributed by atoms with E-state index in [1.54, 1.807) is 0 Å². The first-order chi connectivity index (χ1) is 19.0. The van der Waals surface area contributed by atoms with Gasteiger partial charge in [0.2, 0.25) is 6.29 Å². The van der Waals surface area contributed by atoms with E-state index in [1.807, 2.05) is 48.5 Å². The molecule has 0 saturated heterocycles. The van der Waals surface area contributed by atoms with E-state index in [0.29, 0.717) is 19.5 Å². The number of halogens is 2. The first-order valence-corrected chi connectivity index (χ1v) is 15.6. The van der Waals surface area contributed by atoms with E-state index in [2.05, 4.69) is 48.5 Å². The summed E-state index contributed by atoms with van der Waals surface area (Å²) in [7, 11) is -3.60. The molecule has 4 aromatic rings. The molecule has 6 nitrogen and oxygen atoms in total. The van der Waals surface area contributed by atoms with E-state index in [9.17, 15) is 4.57 Å². The van der Waals surface area contributed by atoms with Crippen LogP contribution in [0, 0.1) is 0 Å². The van der Waals surface area contributed by atoms with Crippen LogP contribution in [0.25, 0.3) is 10.8 Å². The van der Waals surface area contributed by atoms with E-state index in [0.717, 1.165) is 33.2 Å². The molecule has 2 unspecified atom stereocenters. The molecule has 0 spiro atoms. The molecule has 1 aliphatic heterocycles. The number of rotatable bonds is 11. The van der Waals surface area contributed by atoms with Crippen molar-refractivity contribution in [2.24, 2.45) is 5.50 Å².